The van der Waals surface area contributed by atoms with Gasteiger partial charge in [-0.05, 0) is 50.4 Å². The molecule has 2 aromatic rings. The number of likely N-dealkylation sites (N-methyl/N-ethyl adjacent to an activating group) is 1. The molecule has 1 aromatic carbocycles. The van der Waals surface area contributed by atoms with Crippen LogP contribution in [0.15, 0.2) is 18.2 Å². The fourth-order valence-corrected chi connectivity index (χ4v) is 3.44. The van der Waals surface area contributed by atoms with E-state index in [2.05, 4.69) is 59.6 Å². The van der Waals surface area contributed by atoms with Gasteiger partial charge in [0.05, 0.1) is 11.4 Å². The highest BCUT2D eigenvalue weighted by Crippen LogP contribution is 2.25. The number of benzene rings is 1. The maximum atomic E-state index is 12.5. The number of nitrogens with one attached hydrogen (secondary N) is 1. The van der Waals surface area contributed by atoms with Crippen molar-refractivity contribution in [2.24, 2.45) is 0 Å². The van der Waals surface area contributed by atoms with Crippen molar-refractivity contribution in [3.05, 3.63) is 40.7 Å². The Balaban J connectivity index is 0.00000243. The molecule has 0 bridgehead atoms. The molecule has 0 spiro atoms. The van der Waals surface area contributed by atoms with Crippen LogP contribution in [0.4, 0.5) is 0 Å². The highest BCUT2D eigenvalue weighted by Gasteiger charge is 2.22. The van der Waals surface area contributed by atoms with Gasteiger partial charge in [-0.15, -0.1) is 17.5 Å². The summed E-state index contributed by atoms with van der Waals surface area (Å²) >= 11 is 0. The molecule has 0 atom stereocenters. The van der Waals surface area contributed by atoms with E-state index in [1.165, 1.54) is 11.1 Å². The lowest BCUT2D eigenvalue weighted by Gasteiger charge is -2.26. The molecule has 0 unspecified atom stereocenters. The van der Waals surface area contributed by atoms with Gasteiger partial charge in [-0.25, -0.2) is 4.68 Å². The number of nitrogens with zero attached hydrogens (tertiary/aromatic N) is 4. The normalized spacial score (nSPS) is 14.0. The molecular weight excluding hydrogens is 350 g/mol. The molecule has 0 radical (unpaired) electrons. The third-order valence-electron chi connectivity index (χ3n) is 5.09. The molecule has 1 aromatic heterocycles. The molecule has 0 saturated heterocycles. The maximum Gasteiger partial charge on any atom is 0.273 e. The molecular formula is C19H28ClN5O. The number of amides is 1. The van der Waals surface area contributed by atoms with Gasteiger partial charge < -0.3 is 10.2 Å². The van der Waals surface area contributed by atoms with Crippen molar-refractivity contribution >= 4 is 18.3 Å². The van der Waals surface area contributed by atoms with Crippen LogP contribution in [0.25, 0.3) is 5.69 Å². The van der Waals surface area contributed by atoms with Gasteiger partial charge in [-0.3, -0.25) is 4.79 Å². The van der Waals surface area contributed by atoms with E-state index in [0.29, 0.717) is 5.69 Å². The predicted molar refractivity (Wildman–Crippen MR) is 105 cm³/mol. The van der Waals surface area contributed by atoms with Crippen LogP contribution in [0.3, 0.4) is 0 Å². The van der Waals surface area contributed by atoms with Crippen molar-refractivity contribution < 1.29 is 4.79 Å². The first kappa shape index (κ1) is 20.4. The van der Waals surface area contributed by atoms with Crippen molar-refractivity contribution in [3.63, 3.8) is 0 Å². The van der Waals surface area contributed by atoms with Crippen LogP contribution in [0.2, 0.25) is 0 Å². The minimum atomic E-state index is -0.137. The quantitative estimate of drug-likeness (QED) is 0.870. The lowest BCUT2D eigenvalue weighted by molar-refractivity contribution is 0.0929. The third-order valence-corrected chi connectivity index (χ3v) is 5.09. The Morgan fingerprint density at radius 1 is 1.31 bits per heavy atom. The highest BCUT2D eigenvalue weighted by atomic mass is 35.5. The minimum Gasteiger partial charge on any atom is -0.348 e. The Labute approximate surface area is 161 Å². The predicted octanol–water partition coefficient (Wildman–Crippen LogP) is 2.90. The molecule has 0 saturated carbocycles. The summed E-state index contributed by atoms with van der Waals surface area (Å²) in [5.74, 6) is -0.137. The summed E-state index contributed by atoms with van der Waals surface area (Å²) in [5.41, 5.74) is 4.87. The molecule has 1 amide bonds. The van der Waals surface area contributed by atoms with Gasteiger partial charge in [0.15, 0.2) is 5.69 Å². The van der Waals surface area contributed by atoms with Crippen LogP contribution in [0, 0.1) is 6.92 Å². The molecule has 142 valence electrons. The second-order valence-electron chi connectivity index (χ2n) is 6.82. The van der Waals surface area contributed by atoms with E-state index in [0.717, 1.165) is 43.7 Å². The van der Waals surface area contributed by atoms with Crippen LogP contribution in [0.1, 0.15) is 54.0 Å². The van der Waals surface area contributed by atoms with Crippen molar-refractivity contribution in [1.29, 1.82) is 0 Å². The lowest BCUT2D eigenvalue weighted by atomic mass is 9.98. The lowest BCUT2D eigenvalue weighted by Crippen LogP contribution is -2.34. The zero-order chi connectivity index (χ0) is 18.0. The Morgan fingerprint density at radius 2 is 2.04 bits per heavy atom. The molecule has 0 fully saturated rings. The number of rotatable bonds is 5. The number of aromatic nitrogens is 3. The third kappa shape index (κ3) is 3.91. The Morgan fingerprint density at radius 3 is 2.73 bits per heavy atom. The van der Waals surface area contributed by atoms with Gasteiger partial charge in [0.1, 0.15) is 0 Å². The van der Waals surface area contributed by atoms with Gasteiger partial charge >= 0.3 is 0 Å². The number of fused-ring (bicyclic) bond motifs is 1. The zero-order valence-corrected chi connectivity index (χ0v) is 16.8. The summed E-state index contributed by atoms with van der Waals surface area (Å²) in [4.78, 5) is 14.9. The first-order chi connectivity index (χ1) is 12.0. The second kappa shape index (κ2) is 8.64. The average molecular weight is 378 g/mol. The van der Waals surface area contributed by atoms with E-state index >= 15 is 0 Å². The van der Waals surface area contributed by atoms with Gasteiger partial charge in [0.25, 0.3) is 5.91 Å². The SMILES string of the molecule is CCC(CC)NC(=O)c1nnn(-c2cccc3c2CCN(C)C3)c1C.Cl. The van der Waals surface area contributed by atoms with Crippen molar-refractivity contribution in [3.8, 4) is 5.69 Å². The summed E-state index contributed by atoms with van der Waals surface area (Å²) in [7, 11) is 2.14. The van der Waals surface area contributed by atoms with Crippen LogP contribution < -0.4 is 5.32 Å². The number of hydrogen-bond acceptors (Lipinski definition) is 4. The molecule has 3 rings (SSSR count). The second-order valence-corrected chi connectivity index (χ2v) is 6.82. The largest absolute Gasteiger partial charge is 0.348 e. The van der Waals surface area contributed by atoms with Gasteiger partial charge in [-0.1, -0.05) is 31.2 Å². The van der Waals surface area contributed by atoms with Crippen LogP contribution in [-0.2, 0) is 13.0 Å². The first-order valence-electron chi connectivity index (χ1n) is 9.08. The van der Waals surface area contributed by atoms with Gasteiger partial charge in [0.2, 0.25) is 0 Å². The maximum absolute atomic E-state index is 12.5. The van der Waals surface area contributed by atoms with Crippen molar-refractivity contribution in [2.45, 2.75) is 52.6 Å². The van der Waals surface area contributed by atoms with Gasteiger partial charge in [0, 0.05) is 19.1 Å². The van der Waals surface area contributed by atoms with E-state index in [4.69, 9.17) is 0 Å². The minimum absolute atomic E-state index is 0. The number of hydrogen-bond donors (Lipinski definition) is 1. The topological polar surface area (TPSA) is 63.1 Å². The fraction of sp³-hybridized carbons (Fsp3) is 0.526. The molecule has 1 aliphatic rings. The summed E-state index contributed by atoms with van der Waals surface area (Å²) in [6.07, 6.45) is 2.81. The number of carbonyl (C=O) groups is 1. The first-order valence-corrected chi connectivity index (χ1v) is 9.08. The smallest absolute Gasteiger partial charge is 0.273 e. The Hall–Kier alpha value is -1.92. The zero-order valence-electron chi connectivity index (χ0n) is 16.0. The van der Waals surface area contributed by atoms with E-state index in [1.807, 2.05) is 11.6 Å². The van der Waals surface area contributed by atoms with Crippen molar-refractivity contribution in [2.75, 3.05) is 13.6 Å². The summed E-state index contributed by atoms with van der Waals surface area (Å²) in [5, 5.41) is 11.5. The summed E-state index contributed by atoms with van der Waals surface area (Å²) in [6, 6.07) is 6.46. The monoisotopic (exact) mass is 377 g/mol. The average Bonchev–Trinajstić information content (AvgIpc) is 3.00. The molecule has 26 heavy (non-hydrogen) atoms. The van der Waals surface area contributed by atoms with Gasteiger partial charge in [-0.2, -0.15) is 0 Å². The molecule has 0 aliphatic carbocycles. The van der Waals surface area contributed by atoms with E-state index < -0.39 is 0 Å². The van der Waals surface area contributed by atoms with E-state index in [-0.39, 0.29) is 24.4 Å². The Kier molecular flexibility index (Phi) is 6.78. The van der Waals surface area contributed by atoms with Crippen LogP contribution in [-0.4, -0.2) is 45.4 Å². The molecule has 1 aliphatic heterocycles. The number of halogens is 1. The molecule has 7 heteroatoms. The van der Waals surface area contributed by atoms with E-state index in [9.17, 15) is 4.79 Å². The standard InChI is InChI=1S/C19H27N5O.ClH/c1-5-15(6-2)20-19(25)18-13(3)24(22-21-18)17-9-7-8-14-12-23(4)11-10-16(14)17;/h7-9,15H,5-6,10-12H2,1-4H3,(H,20,25);1H. The molecule has 2 heterocycles. The Bertz CT molecular complexity index is 769. The summed E-state index contributed by atoms with van der Waals surface area (Å²) in [6.45, 7) is 8.03. The molecule has 6 nitrogen and oxygen atoms in total. The van der Waals surface area contributed by atoms with Crippen LogP contribution in [0.5, 0.6) is 0 Å². The highest BCUT2D eigenvalue weighted by molar-refractivity contribution is 5.93. The van der Waals surface area contributed by atoms with Crippen LogP contribution >= 0.6 is 12.4 Å². The summed E-state index contributed by atoms with van der Waals surface area (Å²) < 4.78 is 1.81. The number of carbonyl (C=O) groups excluding carboxylic acids is 1. The van der Waals surface area contributed by atoms with E-state index in [1.54, 1.807) is 0 Å². The fourth-order valence-electron chi connectivity index (χ4n) is 3.44. The van der Waals surface area contributed by atoms with Crippen molar-refractivity contribution in [1.82, 2.24) is 25.2 Å². The molecule has 1 N–H and O–H groups in total.